The monoisotopic (exact) mass is 586 g/mol. The average Bonchev–Trinajstić information content (AvgIpc) is 2.77. The summed E-state index contributed by atoms with van der Waals surface area (Å²) in [6.45, 7) is 17.4. The van der Waals surface area contributed by atoms with Crippen molar-refractivity contribution in [1.82, 2.24) is 0 Å². The second-order valence-corrected chi connectivity index (χ2v) is 24.5. The van der Waals surface area contributed by atoms with Crippen molar-refractivity contribution < 1.29 is 14.9 Å². The molecule has 2 aromatic rings. The Kier molecular flexibility index (Phi) is 11.3. The predicted molar refractivity (Wildman–Crippen MR) is 110 cm³/mol. The zero-order valence-corrected chi connectivity index (χ0v) is 21.2. The fourth-order valence-electron chi connectivity index (χ4n) is 2.27. The van der Waals surface area contributed by atoms with Crippen LogP contribution in [0.2, 0.25) is 0 Å². The minimum atomic E-state index is 0.170. The molecule has 3 heteroatoms. The molecule has 0 radical (unpaired) electrons. The Morgan fingerprint density at radius 3 is 1.00 bits per heavy atom. The van der Waals surface area contributed by atoms with E-state index in [-0.39, 0.29) is 14.9 Å². The summed E-state index contributed by atoms with van der Waals surface area (Å²) in [4.78, 5) is 0. The number of halogens is 2. The molecule has 2 rings (SSSR count). The fourth-order valence-corrected chi connectivity index (χ4v) is 2.27. The first-order chi connectivity index (χ1) is 9.67. The molecule has 0 aliphatic rings. The molecule has 0 N–H and O–H groups in total. The average molecular weight is 587 g/mol. The topological polar surface area (TPSA) is 0 Å². The van der Waals surface area contributed by atoms with Crippen LogP contribution >= 0.6 is 36.1 Å². The van der Waals surface area contributed by atoms with Crippen molar-refractivity contribution in [2.24, 2.45) is 0 Å². The van der Waals surface area contributed by atoms with Gasteiger partial charge in [0.25, 0.3) is 0 Å². The molecule has 116 valence electrons. The normalized spacial score (nSPS) is 9.24. The fraction of sp³-hybridized carbons (Fsp3) is 0.444. The Morgan fingerprint density at radius 1 is 0.714 bits per heavy atom. The SMILES string of the molecule is Cc1c[c-](C)c(C)c1C.Cc1c[c-](C)c(C)c1C.[I][Zr+2][I]. The van der Waals surface area contributed by atoms with Crippen LogP contribution in [-0.4, -0.2) is 0 Å². The molecule has 0 amide bonds. The van der Waals surface area contributed by atoms with Gasteiger partial charge < -0.3 is 0 Å². The molecule has 0 nitrogen and oxygen atoms in total. The Hall–Kier alpha value is 1.04. The number of aryl methyl sites for hydroxylation is 4. The van der Waals surface area contributed by atoms with E-state index >= 15 is 0 Å². The summed E-state index contributed by atoms with van der Waals surface area (Å²) >= 11 is 5.06. The van der Waals surface area contributed by atoms with Crippen LogP contribution < -0.4 is 0 Å². The van der Waals surface area contributed by atoms with Gasteiger partial charge >= 0.3 is 50.9 Å². The summed E-state index contributed by atoms with van der Waals surface area (Å²) in [6.07, 6.45) is 0. The van der Waals surface area contributed by atoms with Gasteiger partial charge in [-0.05, 0) is 0 Å². The Labute approximate surface area is 161 Å². The maximum absolute atomic E-state index is 2.45. The first-order valence-electron chi connectivity index (χ1n) is 7.03. The van der Waals surface area contributed by atoms with E-state index in [1.807, 2.05) is 0 Å². The summed E-state index contributed by atoms with van der Waals surface area (Å²) in [5.74, 6) is 0. The molecule has 2 aromatic carbocycles. The van der Waals surface area contributed by atoms with Crippen LogP contribution in [0.1, 0.15) is 44.5 Å². The van der Waals surface area contributed by atoms with Gasteiger partial charge in [0.05, 0.1) is 0 Å². The van der Waals surface area contributed by atoms with Gasteiger partial charge in [0.1, 0.15) is 0 Å². The number of hydrogen-bond acceptors (Lipinski definition) is 0. The molecule has 0 unspecified atom stereocenters. The minimum absolute atomic E-state index is 0.170. The zero-order chi connectivity index (χ0) is 16.7. The molecule has 0 spiro atoms. The molecule has 0 saturated carbocycles. The predicted octanol–water partition coefficient (Wildman–Crippen LogP) is 7.05. The van der Waals surface area contributed by atoms with E-state index in [0.29, 0.717) is 0 Å². The van der Waals surface area contributed by atoms with E-state index in [9.17, 15) is 0 Å². The van der Waals surface area contributed by atoms with Crippen molar-refractivity contribution in [3.8, 4) is 0 Å². The molecular formula is C18H26I2Zr. The molecule has 0 heterocycles. The molecule has 0 bridgehead atoms. The van der Waals surface area contributed by atoms with Gasteiger partial charge in [0, 0.05) is 0 Å². The summed E-state index contributed by atoms with van der Waals surface area (Å²) < 4.78 is 0. The molecule has 0 aliphatic carbocycles. The first kappa shape index (κ1) is 22.0. The van der Waals surface area contributed by atoms with E-state index in [1.54, 1.807) is 0 Å². The Bertz CT molecular complexity index is 467. The van der Waals surface area contributed by atoms with Crippen molar-refractivity contribution in [3.63, 3.8) is 0 Å². The van der Waals surface area contributed by atoms with Gasteiger partial charge in [0.15, 0.2) is 0 Å². The molecule has 21 heavy (non-hydrogen) atoms. The second-order valence-electron chi connectivity index (χ2n) is 5.59. The van der Waals surface area contributed by atoms with Crippen molar-refractivity contribution in [2.75, 3.05) is 0 Å². The van der Waals surface area contributed by atoms with Gasteiger partial charge in [-0.15, -0.1) is 0 Å². The van der Waals surface area contributed by atoms with Crippen LogP contribution in [0.25, 0.3) is 0 Å². The van der Waals surface area contributed by atoms with Crippen molar-refractivity contribution in [2.45, 2.75) is 55.4 Å². The third kappa shape index (κ3) is 6.99. The molecule has 0 aromatic heterocycles. The van der Waals surface area contributed by atoms with Crippen LogP contribution in [0.15, 0.2) is 12.1 Å². The van der Waals surface area contributed by atoms with Crippen molar-refractivity contribution in [3.05, 3.63) is 56.6 Å². The van der Waals surface area contributed by atoms with E-state index in [2.05, 4.69) is 104 Å². The zero-order valence-electron chi connectivity index (χ0n) is 14.4. The third-order valence-corrected chi connectivity index (χ3v) is 4.36. The number of rotatable bonds is 0. The van der Waals surface area contributed by atoms with Gasteiger partial charge in [-0.3, -0.25) is 0 Å². The molecule has 0 saturated heterocycles. The number of hydrogen-bond donors (Lipinski definition) is 0. The summed E-state index contributed by atoms with van der Waals surface area (Å²) in [5, 5.41) is 0. The van der Waals surface area contributed by atoms with Gasteiger partial charge in [-0.2, -0.15) is 56.6 Å². The summed E-state index contributed by atoms with van der Waals surface area (Å²) in [5.41, 5.74) is 11.5. The first-order valence-corrected chi connectivity index (χ1v) is 21.7. The van der Waals surface area contributed by atoms with Gasteiger partial charge in [-0.1, -0.05) is 55.4 Å². The van der Waals surface area contributed by atoms with Crippen molar-refractivity contribution in [1.29, 1.82) is 0 Å². The molecular weight excluding hydrogens is 561 g/mol. The third-order valence-electron chi connectivity index (χ3n) is 4.36. The van der Waals surface area contributed by atoms with Crippen LogP contribution in [0.5, 0.6) is 0 Å². The maximum atomic E-state index is 2.45. The van der Waals surface area contributed by atoms with E-state index in [4.69, 9.17) is 0 Å². The summed E-state index contributed by atoms with van der Waals surface area (Å²) in [6, 6.07) is 4.48. The Balaban J connectivity index is 0.000000322. The van der Waals surface area contributed by atoms with Crippen LogP contribution in [-0.2, 0) is 14.9 Å². The molecule has 0 fully saturated rings. The summed E-state index contributed by atoms with van der Waals surface area (Å²) in [7, 11) is 0. The van der Waals surface area contributed by atoms with Gasteiger partial charge in [0.2, 0.25) is 0 Å². The van der Waals surface area contributed by atoms with E-state index in [1.165, 1.54) is 44.5 Å². The Morgan fingerprint density at radius 2 is 0.952 bits per heavy atom. The standard InChI is InChI=1S/2C9H13.2HI.Zr/c2*1-6-5-7(2)9(4)8(6)3;;;/h2*5H,1-4H3;2*1H;/q2*-1;;;+4/p-2. The second kappa shape index (κ2) is 10.7. The van der Waals surface area contributed by atoms with Gasteiger partial charge in [-0.25, -0.2) is 0 Å². The molecule has 0 atom stereocenters. The quantitative estimate of drug-likeness (QED) is 0.229. The van der Waals surface area contributed by atoms with Crippen molar-refractivity contribution >= 4 is 36.1 Å². The molecule has 0 aliphatic heterocycles. The van der Waals surface area contributed by atoms with Crippen LogP contribution in [0.3, 0.4) is 0 Å². The van der Waals surface area contributed by atoms with Crippen LogP contribution in [0, 0.1) is 55.4 Å². The van der Waals surface area contributed by atoms with Crippen LogP contribution in [0.4, 0.5) is 0 Å². The van der Waals surface area contributed by atoms with E-state index in [0.717, 1.165) is 0 Å². The van der Waals surface area contributed by atoms with E-state index < -0.39 is 0 Å².